The third kappa shape index (κ3) is 3.93. The van der Waals surface area contributed by atoms with E-state index in [9.17, 15) is 18.0 Å². The van der Waals surface area contributed by atoms with Crippen LogP contribution in [0.25, 0.3) is 16.7 Å². The summed E-state index contributed by atoms with van der Waals surface area (Å²) < 4.78 is 47.4. The van der Waals surface area contributed by atoms with Crippen molar-refractivity contribution in [3.8, 4) is 0 Å². The summed E-state index contributed by atoms with van der Waals surface area (Å²) in [7, 11) is 0. The fourth-order valence-electron chi connectivity index (χ4n) is 4.77. The molecule has 0 spiro atoms. The van der Waals surface area contributed by atoms with Crippen molar-refractivity contribution in [1.29, 1.82) is 0 Å². The van der Waals surface area contributed by atoms with Crippen LogP contribution in [0, 0.1) is 0 Å². The van der Waals surface area contributed by atoms with E-state index in [0.717, 1.165) is 28.6 Å². The highest BCUT2D eigenvalue weighted by Crippen LogP contribution is 2.43. The molecule has 1 aliphatic heterocycles. The van der Waals surface area contributed by atoms with Gasteiger partial charge in [-0.15, -0.1) is 0 Å². The monoisotopic (exact) mass is 475 g/mol. The van der Waals surface area contributed by atoms with E-state index in [1.54, 1.807) is 6.92 Å². The average molecular weight is 476 g/mol. The number of benzene rings is 3. The second kappa shape index (κ2) is 8.45. The predicted octanol–water partition coefficient (Wildman–Crippen LogP) is 7.52. The molecule has 0 aliphatic carbocycles. The van der Waals surface area contributed by atoms with E-state index < -0.39 is 17.3 Å². The van der Waals surface area contributed by atoms with Crippen LogP contribution in [0.2, 0.25) is 0 Å². The zero-order valence-electron chi connectivity index (χ0n) is 19.3. The number of rotatable bonds is 5. The topological polar surface area (TPSA) is 31.2 Å². The molecule has 6 heteroatoms. The minimum absolute atomic E-state index is 0.149. The van der Waals surface area contributed by atoms with Gasteiger partial charge < -0.3 is 9.30 Å². The molecule has 5 rings (SSSR count). The van der Waals surface area contributed by atoms with Crippen molar-refractivity contribution >= 4 is 22.4 Å². The SMILES string of the molecule is CCC1(c2ccc(C(F)(F)F)cc2)OC(c2ccc3c(ccn3C(C)c3ccccc3)c2)=CC1=O. The molecule has 0 N–H and O–H groups in total. The maximum atomic E-state index is 13.1. The van der Waals surface area contributed by atoms with Crippen LogP contribution in [0.3, 0.4) is 0 Å². The molecule has 1 aromatic heterocycles. The lowest BCUT2D eigenvalue weighted by Gasteiger charge is -2.28. The number of hydrogen-bond donors (Lipinski definition) is 0. The number of alkyl halides is 3. The molecular weight excluding hydrogens is 451 g/mol. The molecule has 0 radical (unpaired) electrons. The zero-order valence-corrected chi connectivity index (χ0v) is 19.3. The number of carbonyl (C=O) groups excluding carboxylic acids is 1. The number of hydrogen-bond acceptors (Lipinski definition) is 2. The molecule has 0 bridgehead atoms. The van der Waals surface area contributed by atoms with Crippen LogP contribution in [0.5, 0.6) is 0 Å². The molecule has 1 aliphatic rings. The van der Waals surface area contributed by atoms with Crippen LogP contribution < -0.4 is 0 Å². The third-order valence-electron chi connectivity index (χ3n) is 6.82. The molecule has 2 atom stereocenters. The lowest BCUT2D eigenvalue weighted by Crippen LogP contribution is -2.32. The fourth-order valence-corrected chi connectivity index (χ4v) is 4.77. The van der Waals surface area contributed by atoms with Crippen molar-refractivity contribution < 1.29 is 22.7 Å². The molecule has 3 aromatic carbocycles. The fraction of sp³-hybridized carbons (Fsp3) is 0.207. The largest absolute Gasteiger partial charge is 0.474 e. The van der Waals surface area contributed by atoms with Crippen LogP contribution in [-0.4, -0.2) is 10.4 Å². The second-order valence-corrected chi connectivity index (χ2v) is 8.81. The summed E-state index contributed by atoms with van der Waals surface area (Å²) in [6.07, 6.45) is -0.651. The lowest BCUT2D eigenvalue weighted by atomic mass is 9.87. The molecule has 0 amide bonds. The molecule has 0 fully saturated rings. The molecule has 0 saturated carbocycles. The van der Waals surface area contributed by atoms with Crippen LogP contribution >= 0.6 is 0 Å². The Morgan fingerprint density at radius 3 is 2.34 bits per heavy atom. The van der Waals surface area contributed by atoms with Crippen LogP contribution in [0.15, 0.2) is 91.1 Å². The molecule has 3 nitrogen and oxygen atoms in total. The number of halogens is 3. The Morgan fingerprint density at radius 1 is 0.971 bits per heavy atom. The third-order valence-corrected chi connectivity index (χ3v) is 6.82. The highest BCUT2D eigenvalue weighted by Gasteiger charge is 2.45. The van der Waals surface area contributed by atoms with E-state index in [1.807, 2.05) is 48.7 Å². The Morgan fingerprint density at radius 2 is 1.69 bits per heavy atom. The Kier molecular flexibility index (Phi) is 5.55. The summed E-state index contributed by atoms with van der Waals surface area (Å²) in [6, 6.07) is 22.9. The Hall–Kier alpha value is -3.80. The molecule has 0 saturated heterocycles. The summed E-state index contributed by atoms with van der Waals surface area (Å²) in [5.41, 5.74) is 1.32. The van der Waals surface area contributed by atoms with Gasteiger partial charge in [-0.05, 0) is 55.3 Å². The van der Waals surface area contributed by atoms with Gasteiger partial charge in [0.15, 0.2) is 5.60 Å². The van der Waals surface area contributed by atoms with Crippen molar-refractivity contribution in [2.24, 2.45) is 0 Å². The van der Waals surface area contributed by atoms with Gasteiger partial charge in [0.05, 0.1) is 11.6 Å². The summed E-state index contributed by atoms with van der Waals surface area (Å²) >= 11 is 0. The van der Waals surface area contributed by atoms with Crippen LogP contribution in [0.4, 0.5) is 13.2 Å². The maximum absolute atomic E-state index is 13.1. The smallest absolute Gasteiger partial charge is 0.416 e. The molecule has 2 heterocycles. The van der Waals surface area contributed by atoms with Gasteiger partial charge in [0.1, 0.15) is 5.76 Å². The summed E-state index contributed by atoms with van der Waals surface area (Å²) in [5, 5.41) is 1.01. The number of nitrogens with zero attached hydrogens (tertiary/aromatic N) is 1. The molecule has 2 unspecified atom stereocenters. The van der Waals surface area contributed by atoms with E-state index in [2.05, 4.69) is 23.6 Å². The summed E-state index contributed by atoms with van der Waals surface area (Å²) in [4.78, 5) is 13.1. The van der Waals surface area contributed by atoms with Crippen LogP contribution in [-0.2, 0) is 21.3 Å². The number of carbonyl (C=O) groups is 1. The highest BCUT2D eigenvalue weighted by atomic mass is 19.4. The van der Waals surface area contributed by atoms with Gasteiger partial charge in [0, 0.05) is 34.3 Å². The van der Waals surface area contributed by atoms with Crippen molar-refractivity contribution in [3.63, 3.8) is 0 Å². The first-order chi connectivity index (χ1) is 16.7. The van der Waals surface area contributed by atoms with Crippen LogP contribution in [0.1, 0.15) is 48.6 Å². The number of ketones is 1. The summed E-state index contributed by atoms with van der Waals surface area (Å²) in [6.45, 7) is 3.93. The Balaban J connectivity index is 1.45. The van der Waals surface area contributed by atoms with E-state index in [-0.39, 0.29) is 11.8 Å². The molecule has 35 heavy (non-hydrogen) atoms. The van der Waals surface area contributed by atoms with Gasteiger partial charge in [-0.2, -0.15) is 13.2 Å². The van der Waals surface area contributed by atoms with E-state index in [4.69, 9.17) is 4.74 Å². The number of aromatic nitrogens is 1. The quantitative estimate of drug-likeness (QED) is 0.299. The Labute approximate surface area is 201 Å². The van der Waals surface area contributed by atoms with Crippen molar-refractivity contribution in [1.82, 2.24) is 4.57 Å². The van der Waals surface area contributed by atoms with E-state index in [0.29, 0.717) is 17.7 Å². The molecular formula is C29H24F3NO2. The predicted molar refractivity (Wildman–Crippen MR) is 130 cm³/mol. The van der Waals surface area contributed by atoms with Gasteiger partial charge in [0.25, 0.3) is 0 Å². The van der Waals surface area contributed by atoms with Gasteiger partial charge in [0.2, 0.25) is 5.78 Å². The van der Waals surface area contributed by atoms with Gasteiger partial charge >= 0.3 is 6.18 Å². The summed E-state index contributed by atoms with van der Waals surface area (Å²) in [5.74, 6) is 0.146. The first kappa shape index (κ1) is 23.0. The first-order valence-corrected chi connectivity index (χ1v) is 11.5. The van der Waals surface area contributed by atoms with E-state index in [1.165, 1.54) is 23.8 Å². The van der Waals surface area contributed by atoms with Crippen molar-refractivity contribution in [2.75, 3.05) is 0 Å². The normalized spacial score (nSPS) is 19.0. The minimum Gasteiger partial charge on any atom is -0.474 e. The van der Waals surface area contributed by atoms with Crippen molar-refractivity contribution in [2.45, 2.75) is 38.1 Å². The minimum atomic E-state index is -4.44. The first-order valence-electron chi connectivity index (χ1n) is 11.5. The number of fused-ring (bicyclic) bond motifs is 1. The Bertz CT molecular complexity index is 1420. The standard InChI is InChI=1S/C29H24F3NO2/c1-3-28(23-10-12-24(13-11-23)29(30,31)32)27(34)18-26(35-28)22-9-14-25-21(17-22)15-16-33(25)19(2)20-7-5-4-6-8-20/h4-19H,3H2,1-2H3. The van der Waals surface area contributed by atoms with E-state index >= 15 is 0 Å². The zero-order chi connectivity index (χ0) is 24.8. The highest BCUT2D eigenvalue weighted by molar-refractivity contribution is 6.06. The van der Waals surface area contributed by atoms with Crippen molar-refractivity contribution in [3.05, 3.63) is 113 Å². The van der Waals surface area contributed by atoms with Gasteiger partial charge in [-0.25, -0.2) is 0 Å². The molecule has 178 valence electrons. The lowest BCUT2D eigenvalue weighted by molar-refractivity contribution is -0.137. The van der Waals surface area contributed by atoms with Gasteiger partial charge in [-0.3, -0.25) is 4.79 Å². The molecule has 4 aromatic rings. The van der Waals surface area contributed by atoms with Gasteiger partial charge in [-0.1, -0.05) is 49.4 Å². The maximum Gasteiger partial charge on any atom is 0.416 e. The number of ether oxygens (including phenoxy) is 1. The average Bonchev–Trinajstić information content (AvgIpc) is 3.44. The second-order valence-electron chi connectivity index (χ2n) is 8.81.